The smallest absolute Gasteiger partial charge is 0.270 e. The molecule has 2 heterocycles. The van der Waals surface area contributed by atoms with E-state index in [1.807, 2.05) is 17.9 Å². The average molecular weight is 440 g/mol. The highest BCUT2D eigenvalue weighted by atomic mass is 16.6. The predicted octanol–water partition coefficient (Wildman–Crippen LogP) is 1.41. The number of rotatable bonds is 6. The van der Waals surface area contributed by atoms with Crippen LogP contribution in [0.3, 0.4) is 0 Å². The van der Waals surface area contributed by atoms with Gasteiger partial charge in [-0.05, 0) is 50.6 Å². The van der Waals surface area contributed by atoms with Crippen LogP contribution in [0.4, 0.5) is 11.5 Å². The molecule has 0 unspecified atom stereocenters. The zero-order valence-electron chi connectivity index (χ0n) is 17.5. The number of piperidine rings is 1. The number of non-ortho nitro benzene ring substituents is 1. The van der Waals surface area contributed by atoms with E-state index in [-0.39, 0.29) is 29.6 Å². The van der Waals surface area contributed by atoms with Gasteiger partial charge in [-0.2, -0.15) is 0 Å². The van der Waals surface area contributed by atoms with E-state index in [9.17, 15) is 24.5 Å². The maximum atomic E-state index is 12.4. The lowest BCUT2D eigenvalue weighted by atomic mass is 9.96. The largest absolute Gasteiger partial charge is 0.310 e. The molecule has 1 fully saturated rings. The van der Waals surface area contributed by atoms with Crippen LogP contribution >= 0.6 is 0 Å². The highest BCUT2D eigenvalue weighted by molar-refractivity contribution is 5.96. The number of hydrogen-bond donors (Lipinski definition) is 3. The van der Waals surface area contributed by atoms with E-state index in [0.717, 1.165) is 11.6 Å². The van der Waals surface area contributed by atoms with Gasteiger partial charge in [0, 0.05) is 29.8 Å². The molecule has 11 nitrogen and oxygen atoms in total. The third kappa shape index (κ3) is 6.32. The fourth-order valence-electron chi connectivity index (χ4n) is 3.33. The first-order chi connectivity index (χ1) is 15.3. The van der Waals surface area contributed by atoms with Gasteiger partial charge in [0.25, 0.3) is 17.5 Å². The zero-order valence-corrected chi connectivity index (χ0v) is 17.5. The number of hydrogen-bond acceptors (Lipinski definition) is 7. The summed E-state index contributed by atoms with van der Waals surface area (Å²) in [5, 5.41) is 13.6. The molecule has 0 atom stereocenters. The molecule has 1 aromatic heterocycles. The van der Waals surface area contributed by atoms with Gasteiger partial charge >= 0.3 is 0 Å². The summed E-state index contributed by atoms with van der Waals surface area (Å²) in [5.41, 5.74) is 5.42. The van der Waals surface area contributed by atoms with Crippen LogP contribution in [0.1, 0.15) is 28.8 Å². The van der Waals surface area contributed by atoms with Crippen molar-refractivity contribution < 1.29 is 19.3 Å². The van der Waals surface area contributed by atoms with Gasteiger partial charge in [-0.25, -0.2) is 4.98 Å². The highest BCUT2D eigenvalue weighted by Crippen LogP contribution is 2.19. The third-order valence-electron chi connectivity index (χ3n) is 5.12. The van der Waals surface area contributed by atoms with Crippen molar-refractivity contribution >= 4 is 29.2 Å². The maximum absolute atomic E-state index is 12.4. The second-order valence-electron chi connectivity index (χ2n) is 7.57. The summed E-state index contributed by atoms with van der Waals surface area (Å²) in [5.74, 6) is -0.805. The normalized spacial score (nSPS) is 14.4. The maximum Gasteiger partial charge on any atom is 0.270 e. The number of aromatic nitrogens is 1. The molecule has 32 heavy (non-hydrogen) atoms. The Morgan fingerprint density at radius 3 is 2.56 bits per heavy atom. The summed E-state index contributed by atoms with van der Waals surface area (Å²) in [7, 11) is 0. The number of nitro groups is 1. The lowest BCUT2D eigenvalue weighted by Gasteiger charge is -2.30. The van der Waals surface area contributed by atoms with E-state index >= 15 is 0 Å². The molecule has 168 valence electrons. The quantitative estimate of drug-likeness (QED) is 0.454. The Morgan fingerprint density at radius 2 is 1.91 bits per heavy atom. The van der Waals surface area contributed by atoms with Crippen LogP contribution in [-0.4, -0.2) is 52.2 Å². The van der Waals surface area contributed by atoms with Gasteiger partial charge in [0.15, 0.2) is 0 Å². The molecule has 2 aromatic rings. The molecule has 1 saturated heterocycles. The SMILES string of the molecule is Cc1ccc(NC(=O)C2CCN(CC(=O)NNC(=O)c3cccc([N+](=O)[O-])c3)CC2)nc1. The zero-order chi connectivity index (χ0) is 23.1. The number of amides is 3. The number of benzene rings is 1. The highest BCUT2D eigenvalue weighted by Gasteiger charge is 2.26. The Hall–Kier alpha value is -3.86. The molecule has 1 aliphatic rings. The van der Waals surface area contributed by atoms with Gasteiger partial charge in [-0.3, -0.25) is 40.2 Å². The van der Waals surface area contributed by atoms with E-state index in [0.29, 0.717) is 31.7 Å². The number of likely N-dealkylation sites (tertiary alicyclic amines) is 1. The Labute approximate surface area is 184 Å². The Bertz CT molecular complexity index is 1000. The average Bonchev–Trinajstić information content (AvgIpc) is 2.79. The first-order valence-electron chi connectivity index (χ1n) is 10.1. The van der Waals surface area contributed by atoms with Crippen molar-refractivity contribution in [3.63, 3.8) is 0 Å². The number of anilines is 1. The van der Waals surface area contributed by atoms with E-state index in [1.165, 1.54) is 18.2 Å². The molecule has 3 amide bonds. The molecule has 0 spiro atoms. The number of aryl methyl sites for hydroxylation is 1. The van der Waals surface area contributed by atoms with Crippen LogP contribution in [0.15, 0.2) is 42.6 Å². The molecule has 0 bridgehead atoms. The molecule has 0 aliphatic carbocycles. The van der Waals surface area contributed by atoms with Gasteiger partial charge in [0.2, 0.25) is 5.91 Å². The first-order valence-corrected chi connectivity index (χ1v) is 10.1. The molecule has 0 saturated carbocycles. The second-order valence-corrected chi connectivity index (χ2v) is 7.57. The van der Waals surface area contributed by atoms with Crippen LogP contribution in [0.25, 0.3) is 0 Å². The Kier molecular flexibility index (Phi) is 7.45. The summed E-state index contributed by atoms with van der Waals surface area (Å²) >= 11 is 0. The van der Waals surface area contributed by atoms with Crippen molar-refractivity contribution in [1.29, 1.82) is 0 Å². The molecule has 3 N–H and O–H groups in total. The number of nitrogens with zero attached hydrogens (tertiary/aromatic N) is 3. The minimum absolute atomic E-state index is 0.0586. The fourth-order valence-corrected chi connectivity index (χ4v) is 3.33. The first kappa shape index (κ1) is 22.8. The van der Waals surface area contributed by atoms with Crippen molar-refractivity contribution in [2.75, 3.05) is 25.0 Å². The Balaban J connectivity index is 1.40. The van der Waals surface area contributed by atoms with Crippen molar-refractivity contribution in [2.45, 2.75) is 19.8 Å². The minimum Gasteiger partial charge on any atom is -0.310 e. The molecule has 1 aliphatic heterocycles. The van der Waals surface area contributed by atoms with E-state index in [1.54, 1.807) is 12.3 Å². The molecule has 1 aromatic carbocycles. The lowest BCUT2D eigenvalue weighted by molar-refractivity contribution is -0.384. The van der Waals surface area contributed by atoms with Crippen LogP contribution in [-0.2, 0) is 9.59 Å². The molecule has 0 radical (unpaired) electrons. The molecule has 3 rings (SSSR count). The minimum atomic E-state index is -0.651. The van der Waals surface area contributed by atoms with Gasteiger partial charge in [-0.15, -0.1) is 0 Å². The summed E-state index contributed by atoms with van der Waals surface area (Å²) in [6, 6.07) is 8.84. The number of nitrogens with one attached hydrogen (secondary N) is 3. The van der Waals surface area contributed by atoms with E-state index in [4.69, 9.17) is 0 Å². The monoisotopic (exact) mass is 440 g/mol. The van der Waals surface area contributed by atoms with Crippen molar-refractivity contribution in [3.05, 3.63) is 63.8 Å². The van der Waals surface area contributed by atoms with Gasteiger partial charge in [-0.1, -0.05) is 12.1 Å². The number of pyridine rings is 1. The summed E-state index contributed by atoms with van der Waals surface area (Å²) in [6.07, 6.45) is 2.89. The van der Waals surface area contributed by atoms with Crippen LogP contribution in [0.2, 0.25) is 0 Å². The van der Waals surface area contributed by atoms with Crippen molar-refractivity contribution in [1.82, 2.24) is 20.7 Å². The fraction of sp³-hybridized carbons (Fsp3) is 0.333. The predicted molar refractivity (Wildman–Crippen MR) is 115 cm³/mol. The summed E-state index contributed by atoms with van der Waals surface area (Å²) in [6.45, 7) is 3.10. The van der Waals surface area contributed by atoms with E-state index in [2.05, 4.69) is 21.2 Å². The van der Waals surface area contributed by atoms with Crippen molar-refractivity contribution in [2.24, 2.45) is 5.92 Å². The second kappa shape index (κ2) is 10.4. The molecule has 11 heteroatoms. The number of carbonyl (C=O) groups is 3. The number of carbonyl (C=O) groups excluding carboxylic acids is 3. The van der Waals surface area contributed by atoms with Crippen LogP contribution in [0.5, 0.6) is 0 Å². The topological polar surface area (TPSA) is 147 Å². The van der Waals surface area contributed by atoms with E-state index < -0.39 is 16.7 Å². The standard InChI is InChI=1S/C21H24N6O5/c1-14-5-6-18(22-12-14)23-20(29)15-7-9-26(10-8-15)13-19(28)24-25-21(30)16-3-2-4-17(11-16)27(31)32/h2-6,11-12,15H,7-10,13H2,1H3,(H,24,28)(H,25,30)(H,22,23,29). The van der Waals surface area contributed by atoms with Gasteiger partial charge < -0.3 is 5.32 Å². The Morgan fingerprint density at radius 1 is 1.16 bits per heavy atom. The summed E-state index contributed by atoms with van der Waals surface area (Å²) < 4.78 is 0. The molecular weight excluding hydrogens is 416 g/mol. The third-order valence-corrected chi connectivity index (χ3v) is 5.12. The van der Waals surface area contributed by atoms with Crippen LogP contribution in [0, 0.1) is 23.0 Å². The van der Waals surface area contributed by atoms with Gasteiger partial charge in [0.05, 0.1) is 11.5 Å². The number of nitro benzene ring substituents is 1. The van der Waals surface area contributed by atoms with Crippen molar-refractivity contribution in [3.8, 4) is 0 Å². The van der Waals surface area contributed by atoms with Gasteiger partial charge in [0.1, 0.15) is 5.82 Å². The lowest BCUT2D eigenvalue weighted by Crippen LogP contribution is -2.48. The number of hydrazine groups is 1. The van der Waals surface area contributed by atoms with Crippen LogP contribution < -0.4 is 16.2 Å². The molecular formula is C21H24N6O5. The summed E-state index contributed by atoms with van der Waals surface area (Å²) in [4.78, 5) is 52.9.